The van der Waals surface area contributed by atoms with Crippen molar-refractivity contribution in [2.24, 2.45) is 0 Å². The number of furan rings is 1. The lowest BCUT2D eigenvalue weighted by Gasteiger charge is -2.03. The number of carbonyl (C=O) groups excluding carboxylic acids is 1. The smallest absolute Gasteiger partial charge is 0.262 e. The highest BCUT2D eigenvalue weighted by atomic mass is 16.3. The predicted octanol–water partition coefficient (Wildman–Crippen LogP) is 4.57. The fourth-order valence-corrected chi connectivity index (χ4v) is 3.33. The summed E-state index contributed by atoms with van der Waals surface area (Å²) in [6.45, 7) is 0.411. The molecule has 150 valence electrons. The number of aromatic amines is 1. The molecule has 0 aliphatic rings. The van der Waals surface area contributed by atoms with Gasteiger partial charge in [-0.15, -0.1) is 0 Å². The molecule has 0 atom stereocenters. The Morgan fingerprint density at radius 1 is 1.06 bits per heavy atom. The number of aromatic nitrogens is 1. The van der Waals surface area contributed by atoms with E-state index >= 15 is 0 Å². The van der Waals surface area contributed by atoms with Crippen LogP contribution in [0.25, 0.3) is 28.3 Å². The molecule has 2 N–H and O–H groups in total. The van der Waals surface area contributed by atoms with Gasteiger partial charge in [0.2, 0.25) is 0 Å². The molecule has 1 amide bonds. The molecule has 0 fully saturated rings. The van der Waals surface area contributed by atoms with Crippen LogP contribution in [0.4, 0.5) is 0 Å². The molecule has 0 aliphatic heterocycles. The number of benzene rings is 2. The molecule has 2 aromatic carbocycles. The van der Waals surface area contributed by atoms with Crippen LogP contribution in [0.5, 0.6) is 0 Å². The van der Waals surface area contributed by atoms with Gasteiger partial charge in [-0.25, -0.2) is 0 Å². The number of H-pyrrole nitrogens is 1. The van der Waals surface area contributed by atoms with E-state index in [4.69, 9.17) is 9.68 Å². The molecule has 0 saturated heterocycles. The first-order valence-electron chi connectivity index (χ1n) is 9.73. The van der Waals surface area contributed by atoms with Crippen LogP contribution in [-0.2, 0) is 11.2 Å². The summed E-state index contributed by atoms with van der Waals surface area (Å²) in [5.74, 6) is 0.550. The number of hydrogen-bond acceptors (Lipinski definition) is 4. The van der Waals surface area contributed by atoms with Crippen molar-refractivity contribution in [2.45, 2.75) is 6.42 Å². The number of nitrogens with zero attached hydrogens (tertiary/aromatic N) is 2. The summed E-state index contributed by atoms with van der Waals surface area (Å²) in [5.41, 5.74) is 3.50. The third-order valence-corrected chi connectivity index (χ3v) is 4.93. The highest BCUT2D eigenvalue weighted by Crippen LogP contribution is 2.24. The molecule has 4 aromatic rings. The van der Waals surface area contributed by atoms with Crippen molar-refractivity contribution in [1.29, 1.82) is 10.5 Å². The first-order valence-corrected chi connectivity index (χ1v) is 9.73. The first-order chi connectivity index (χ1) is 15.2. The van der Waals surface area contributed by atoms with E-state index in [1.807, 2.05) is 36.5 Å². The Kier molecular flexibility index (Phi) is 5.64. The number of rotatable bonds is 6. The molecule has 0 radical (unpaired) electrons. The van der Waals surface area contributed by atoms with Crippen LogP contribution in [0, 0.1) is 22.7 Å². The molecule has 31 heavy (non-hydrogen) atoms. The van der Waals surface area contributed by atoms with Crippen molar-refractivity contribution in [3.63, 3.8) is 0 Å². The molecule has 2 heterocycles. The van der Waals surface area contributed by atoms with Crippen molar-refractivity contribution >= 4 is 22.9 Å². The van der Waals surface area contributed by atoms with Gasteiger partial charge in [-0.3, -0.25) is 4.79 Å². The molecule has 6 nitrogen and oxygen atoms in total. The van der Waals surface area contributed by atoms with Gasteiger partial charge >= 0.3 is 0 Å². The Balaban J connectivity index is 1.41. The van der Waals surface area contributed by atoms with Crippen molar-refractivity contribution in [2.75, 3.05) is 6.54 Å². The maximum atomic E-state index is 12.4. The van der Waals surface area contributed by atoms with E-state index in [2.05, 4.69) is 16.4 Å². The normalized spacial score (nSPS) is 11.1. The molecule has 0 bridgehead atoms. The first kappa shape index (κ1) is 19.8. The average Bonchev–Trinajstić information content (AvgIpc) is 3.45. The molecule has 2 aromatic heterocycles. The van der Waals surface area contributed by atoms with Gasteiger partial charge in [0.15, 0.2) is 0 Å². The van der Waals surface area contributed by atoms with Gasteiger partial charge in [0, 0.05) is 35.3 Å². The lowest BCUT2D eigenvalue weighted by atomic mass is 10.1. The zero-order valence-electron chi connectivity index (χ0n) is 16.6. The van der Waals surface area contributed by atoms with E-state index in [0.29, 0.717) is 30.0 Å². The maximum Gasteiger partial charge on any atom is 0.262 e. The van der Waals surface area contributed by atoms with Gasteiger partial charge in [0.1, 0.15) is 23.2 Å². The minimum absolute atomic E-state index is 0.0281. The molecule has 0 aliphatic carbocycles. The van der Waals surface area contributed by atoms with Gasteiger partial charge in [-0.05, 0) is 54.4 Å². The van der Waals surface area contributed by atoms with E-state index in [-0.39, 0.29) is 5.57 Å². The van der Waals surface area contributed by atoms with Crippen LogP contribution in [0.3, 0.4) is 0 Å². The largest absolute Gasteiger partial charge is 0.457 e. The van der Waals surface area contributed by atoms with E-state index in [1.54, 1.807) is 36.4 Å². The Morgan fingerprint density at radius 2 is 1.87 bits per heavy atom. The topological polar surface area (TPSA) is 106 Å². The van der Waals surface area contributed by atoms with E-state index in [9.17, 15) is 10.1 Å². The molecular formula is C25H18N4O2. The van der Waals surface area contributed by atoms with Crippen molar-refractivity contribution in [1.82, 2.24) is 10.3 Å². The van der Waals surface area contributed by atoms with Crippen LogP contribution in [0.15, 0.2) is 76.9 Å². The van der Waals surface area contributed by atoms with Crippen LogP contribution in [0.1, 0.15) is 16.9 Å². The third kappa shape index (κ3) is 4.39. The number of para-hydroxylation sites is 1. The summed E-state index contributed by atoms with van der Waals surface area (Å²) < 4.78 is 5.74. The fourth-order valence-electron chi connectivity index (χ4n) is 3.33. The van der Waals surface area contributed by atoms with Crippen LogP contribution < -0.4 is 5.32 Å². The Bertz CT molecular complexity index is 1340. The van der Waals surface area contributed by atoms with Gasteiger partial charge in [-0.1, -0.05) is 18.2 Å². The summed E-state index contributed by atoms with van der Waals surface area (Å²) >= 11 is 0. The molecular weight excluding hydrogens is 388 g/mol. The second kappa shape index (κ2) is 8.86. The maximum absolute atomic E-state index is 12.4. The second-order valence-corrected chi connectivity index (χ2v) is 6.93. The molecule has 0 unspecified atom stereocenters. The molecule has 6 heteroatoms. The summed E-state index contributed by atoms with van der Waals surface area (Å²) in [4.78, 5) is 15.6. The summed E-state index contributed by atoms with van der Waals surface area (Å²) in [5, 5.41) is 22.2. The fraction of sp³-hybridized carbons (Fsp3) is 0.0800. The number of carbonyl (C=O) groups is 1. The number of nitrogens with one attached hydrogen (secondary N) is 2. The van der Waals surface area contributed by atoms with E-state index in [1.165, 1.54) is 6.08 Å². The Hall–Kier alpha value is -4.55. The Labute approximate surface area is 179 Å². The monoisotopic (exact) mass is 406 g/mol. The lowest BCUT2D eigenvalue weighted by Crippen LogP contribution is -2.26. The predicted molar refractivity (Wildman–Crippen MR) is 117 cm³/mol. The summed E-state index contributed by atoms with van der Waals surface area (Å²) in [6.07, 6.45) is 4.01. The highest BCUT2D eigenvalue weighted by molar-refractivity contribution is 6.01. The number of fused-ring (bicyclic) bond motifs is 1. The van der Waals surface area contributed by atoms with Crippen LogP contribution >= 0.6 is 0 Å². The summed E-state index contributed by atoms with van der Waals surface area (Å²) in [7, 11) is 0. The van der Waals surface area contributed by atoms with Gasteiger partial charge in [0.05, 0.1) is 11.6 Å². The van der Waals surface area contributed by atoms with Gasteiger partial charge in [0.25, 0.3) is 5.91 Å². The number of nitriles is 2. The number of hydrogen-bond donors (Lipinski definition) is 2. The molecule has 0 spiro atoms. The van der Waals surface area contributed by atoms with Crippen molar-refractivity contribution in [3.8, 4) is 23.5 Å². The number of amides is 1. The van der Waals surface area contributed by atoms with Crippen LogP contribution in [-0.4, -0.2) is 17.4 Å². The minimum atomic E-state index is -0.446. The standard InChI is InChI=1S/C25H18N4O2/c26-14-17-5-7-18(8-6-17)24-10-9-21(31-24)13-20(15-27)25(30)28-12-11-19-16-29-23-4-2-1-3-22(19)23/h1-10,13,16,29H,11-12H2,(H,28,30)/b20-13-. The van der Waals surface area contributed by atoms with E-state index < -0.39 is 5.91 Å². The SMILES string of the molecule is N#C/C(=C/c1ccc(-c2ccc(C#N)cc2)o1)C(=O)NCCc1c[nH]c2ccccc12. The van der Waals surface area contributed by atoms with Gasteiger partial charge < -0.3 is 14.7 Å². The minimum Gasteiger partial charge on any atom is -0.457 e. The average molecular weight is 406 g/mol. The highest BCUT2D eigenvalue weighted by Gasteiger charge is 2.11. The second-order valence-electron chi connectivity index (χ2n) is 6.93. The van der Waals surface area contributed by atoms with Gasteiger partial charge in [-0.2, -0.15) is 10.5 Å². The zero-order chi connectivity index (χ0) is 21.6. The third-order valence-electron chi connectivity index (χ3n) is 4.93. The van der Waals surface area contributed by atoms with Crippen molar-refractivity contribution < 1.29 is 9.21 Å². The Morgan fingerprint density at radius 3 is 2.65 bits per heavy atom. The molecule has 4 rings (SSSR count). The lowest BCUT2D eigenvalue weighted by molar-refractivity contribution is -0.117. The van der Waals surface area contributed by atoms with Crippen LogP contribution in [0.2, 0.25) is 0 Å². The quantitative estimate of drug-likeness (QED) is 0.361. The zero-order valence-corrected chi connectivity index (χ0v) is 16.6. The molecule has 0 saturated carbocycles. The van der Waals surface area contributed by atoms with E-state index in [0.717, 1.165) is 22.0 Å². The summed E-state index contributed by atoms with van der Waals surface area (Å²) in [6, 6.07) is 22.4. The van der Waals surface area contributed by atoms with Crippen molar-refractivity contribution in [3.05, 3.63) is 89.3 Å².